The number of amides is 1. The lowest BCUT2D eigenvalue weighted by Crippen LogP contribution is -2.49. The minimum absolute atomic E-state index is 0.0235. The number of carbonyl (C=O) groups is 1. The normalized spacial score (nSPS) is 22.1. The molecule has 1 amide bonds. The van der Waals surface area contributed by atoms with Gasteiger partial charge in [0.05, 0.1) is 0 Å². The fourth-order valence-corrected chi connectivity index (χ4v) is 4.33. The van der Waals surface area contributed by atoms with Gasteiger partial charge in [-0.1, -0.05) is 48.0 Å². The summed E-state index contributed by atoms with van der Waals surface area (Å²) in [5.41, 5.74) is 5.77. The average molecular weight is 359 g/mol. The SMILES string of the molecule is N=Cc1ccc(C(=O)NC2CCC(c3ccccc3)=C3CCNCC32)cc1. The van der Waals surface area contributed by atoms with Gasteiger partial charge in [-0.2, -0.15) is 0 Å². The second-order valence-electron chi connectivity index (χ2n) is 7.32. The zero-order valence-corrected chi connectivity index (χ0v) is 15.4. The van der Waals surface area contributed by atoms with E-state index in [0.29, 0.717) is 11.5 Å². The summed E-state index contributed by atoms with van der Waals surface area (Å²) >= 11 is 0. The lowest BCUT2D eigenvalue weighted by Gasteiger charge is -2.39. The Morgan fingerprint density at radius 2 is 1.85 bits per heavy atom. The molecule has 2 aromatic rings. The molecular formula is C23H25N3O. The molecule has 2 aromatic carbocycles. The Labute approximate surface area is 160 Å². The van der Waals surface area contributed by atoms with Crippen LogP contribution in [0.2, 0.25) is 0 Å². The first-order valence-electron chi connectivity index (χ1n) is 9.65. The Kier molecular flexibility index (Phi) is 5.16. The fraction of sp³-hybridized carbons (Fsp3) is 0.304. The molecule has 1 heterocycles. The summed E-state index contributed by atoms with van der Waals surface area (Å²) in [5, 5.41) is 14.1. The van der Waals surface area contributed by atoms with Gasteiger partial charge >= 0.3 is 0 Å². The van der Waals surface area contributed by atoms with Gasteiger partial charge in [-0.25, -0.2) is 0 Å². The predicted octanol–water partition coefficient (Wildman–Crippen LogP) is 3.64. The van der Waals surface area contributed by atoms with Crippen LogP contribution < -0.4 is 10.6 Å². The van der Waals surface area contributed by atoms with Gasteiger partial charge in [0.2, 0.25) is 0 Å². The minimum atomic E-state index is -0.0235. The lowest BCUT2D eigenvalue weighted by atomic mass is 9.74. The largest absolute Gasteiger partial charge is 0.349 e. The van der Waals surface area contributed by atoms with Crippen molar-refractivity contribution in [1.82, 2.24) is 10.6 Å². The van der Waals surface area contributed by atoms with Gasteiger partial charge in [-0.05, 0) is 54.6 Å². The molecule has 0 saturated carbocycles. The van der Waals surface area contributed by atoms with E-state index in [-0.39, 0.29) is 11.9 Å². The molecule has 4 rings (SSSR count). The minimum Gasteiger partial charge on any atom is -0.349 e. The Hall–Kier alpha value is -2.72. The molecular weight excluding hydrogens is 334 g/mol. The number of nitrogens with one attached hydrogen (secondary N) is 3. The number of hydrogen-bond acceptors (Lipinski definition) is 3. The van der Waals surface area contributed by atoms with Crippen LogP contribution in [0, 0.1) is 11.3 Å². The van der Waals surface area contributed by atoms with E-state index >= 15 is 0 Å². The molecule has 27 heavy (non-hydrogen) atoms. The molecule has 1 aliphatic heterocycles. The van der Waals surface area contributed by atoms with E-state index in [0.717, 1.165) is 37.9 Å². The summed E-state index contributed by atoms with van der Waals surface area (Å²) in [6.07, 6.45) is 4.31. The maximum atomic E-state index is 12.7. The quantitative estimate of drug-likeness (QED) is 0.730. The van der Waals surface area contributed by atoms with Crippen molar-refractivity contribution in [2.24, 2.45) is 5.92 Å². The molecule has 1 aliphatic carbocycles. The Morgan fingerprint density at radius 1 is 1.07 bits per heavy atom. The van der Waals surface area contributed by atoms with E-state index in [2.05, 4.69) is 41.0 Å². The van der Waals surface area contributed by atoms with E-state index in [4.69, 9.17) is 5.41 Å². The van der Waals surface area contributed by atoms with Crippen LogP contribution in [0.5, 0.6) is 0 Å². The van der Waals surface area contributed by atoms with Crippen LogP contribution in [0.3, 0.4) is 0 Å². The van der Waals surface area contributed by atoms with Crippen LogP contribution in [0.25, 0.3) is 5.57 Å². The third kappa shape index (κ3) is 3.71. The molecule has 4 nitrogen and oxygen atoms in total. The van der Waals surface area contributed by atoms with Crippen LogP contribution >= 0.6 is 0 Å². The van der Waals surface area contributed by atoms with Crippen molar-refractivity contribution in [3.8, 4) is 0 Å². The van der Waals surface area contributed by atoms with E-state index < -0.39 is 0 Å². The first-order chi connectivity index (χ1) is 13.3. The number of hydrogen-bond donors (Lipinski definition) is 3. The summed E-state index contributed by atoms with van der Waals surface area (Å²) in [4.78, 5) is 12.7. The molecule has 0 bridgehead atoms. The van der Waals surface area contributed by atoms with Gasteiger partial charge in [0.25, 0.3) is 5.91 Å². The first-order valence-corrected chi connectivity index (χ1v) is 9.65. The van der Waals surface area contributed by atoms with Crippen LogP contribution in [-0.4, -0.2) is 31.3 Å². The molecule has 0 radical (unpaired) electrons. The molecule has 138 valence electrons. The van der Waals surface area contributed by atoms with Crippen LogP contribution in [0.4, 0.5) is 0 Å². The maximum Gasteiger partial charge on any atom is 0.251 e. The fourth-order valence-electron chi connectivity index (χ4n) is 4.33. The Morgan fingerprint density at radius 3 is 2.59 bits per heavy atom. The van der Waals surface area contributed by atoms with Gasteiger partial charge in [0.15, 0.2) is 0 Å². The highest BCUT2D eigenvalue weighted by Gasteiger charge is 2.34. The summed E-state index contributed by atoms with van der Waals surface area (Å²) < 4.78 is 0. The summed E-state index contributed by atoms with van der Waals surface area (Å²) in [5.74, 6) is 0.331. The van der Waals surface area contributed by atoms with E-state index in [1.807, 2.05) is 12.1 Å². The van der Waals surface area contributed by atoms with Crippen molar-refractivity contribution < 1.29 is 4.79 Å². The van der Waals surface area contributed by atoms with Crippen LogP contribution in [0.15, 0.2) is 60.2 Å². The van der Waals surface area contributed by atoms with Gasteiger partial charge in [0, 0.05) is 30.3 Å². The van der Waals surface area contributed by atoms with E-state index in [1.165, 1.54) is 22.9 Å². The Bertz CT molecular complexity index is 855. The van der Waals surface area contributed by atoms with Crippen molar-refractivity contribution in [2.45, 2.75) is 25.3 Å². The average Bonchev–Trinajstić information content (AvgIpc) is 2.74. The highest BCUT2D eigenvalue weighted by atomic mass is 16.1. The van der Waals surface area contributed by atoms with Gasteiger partial charge < -0.3 is 16.0 Å². The number of rotatable bonds is 4. The molecule has 0 spiro atoms. The van der Waals surface area contributed by atoms with Crippen LogP contribution in [0.1, 0.15) is 40.7 Å². The summed E-state index contributed by atoms with van der Waals surface area (Å²) in [7, 11) is 0. The molecule has 1 fully saturated rings. The van der Waals surface area contributed by atoms with Gasteiger partial charge in [0.1, 0.15) is 0 Å². The van der Waals surface area contributed by atoms with Gasteiger partial charge in [-0.3, -0.25) is 4.79 Å². The van der Waals surface area contributed by atoms with Crippen molar-refractivity contribution in [2.75, 3.05) is 13.1 Å². The number of carbonyl (C=O) groups excluding carboxylic acids is 1. The summed E-state index contributed by atoms with van der Waals surface area (Å²) in [6, 6.07) is 18.0. The highest BCUT2D eigenvalue weighted by Crippen LogP contribution is 2.39. The number of piperidine rings is 1. The first kappa shape index (κ1) is 17.7. The second-order valence-corrected chi connectivity index (χ2v) is 7.32. The number of fused-ring (bicyclic) bond motifs is 1. The molecule has 3 N–H and O–H groups in total. The lowest BCUT2D eigenvalue weighted by molar-refractivity contribution is 0.0920. The second kappa shape index (κ2) is 7.89. The monoisotopic (exact) mass is 359 g/mol. The Balaban J connectivity index is 1.55. The number of benzene rings is 2. The molecule has 2 unspecified atom stereocenters. The van der Waals surface area contributed by atoms with E-state index in [9.17, 15) is 4.79 Å². The predicted molar refractivity (Wildman–Crippen MR) is 109 cm³/mol. The topological polar surface area (TPSA) is 65.0 Å². The summed E-state index contributed by atoms with van der Waals surface area (Å²) in [6.45, 7) is 1.93. The molecule has 2 aliphatic rings. The smallest absolute Gasteiger partial charge is 0.251 e. The third-order valence-corrected chi connectivity index (χ3v) is 5.74. The van der Waals surface area contributed by atoms with Crippen LogP contribution in [-0.2, 0) is 0 Å². The highest BCUT2D eigenvalue weighted by molar-refractivity contribution is 5.95. The van der Waals surface area contributed by atoms with Gasteiger partial charge in [-0.15, -0.1) is 0 Å². The standard InChI is InChI=1S/C23H25N3O/c24-14-16-6-8-18(9-7-16)23(27)26-22-11-10-19(17-4-2-1-3-5-17)20-12-13-25-15-21(20)22/h1-9,14,21-22,24-25H,10-13,15H2,(H,26,27). The van der Waals surface area contributed by atoms with Crippen molar-refractivity contribution in [3.63, 3.8) is 0 Å². The van der Waals surface area contributed by atoms with Crippen molar-refractivity contribution in [1.29, 1.82) is 5.41 Å². The van der Waals surface area contributed by atoms with Crippen molar-refractivity contribution in [3.05, 3.63) is 76.9 Å². The van der Waals surface area contributed by atoms with Crippen molar-refractivity contribution >= 4 is 17.7 Å². The van der Waals surface area contributed by atoms with E-state index in [1.54, 1.807) is 12.1 Å². The molecule has 4 heteroatoms. The maximum absolute atomic E-state index is 12.7. The zero-order chi connectivity index (χ0) is 18.6. The third-order valence-electron chi connectivity index (χ3n) is 5.74. The zero-order valence-electron chi connectivity index (χ0n) is 15.4. The molecule has 2 atom stereocenters. The molecule has 1 saturated heterocycles. The number of allylic oxidation sites excluding steroid dienone is 1. The molecule has 0 aromatic heterocycles.